The standard InChI is InChI=1S/C22H14BrClN8O2/c1-3-4-31-17-12(5-11(24)6-13(17)23)22(21(31)34)7-14(33)29-19-15(22)10(2)30-32(19)20-16-18(26-8-25-16)27-9-28-20/h1,5-6,8-9H,4,7H2,2H3,(H,29,33)(H,25,26,27,28)/t22-/m1/s1. The van der Waals surface area contributed by atoms with E-state index in [0.717, 1.165) is 0 Å². The van der Waals surface area contributed by atoms with Gasteiger partial charge in [0.2, 0.25) is 11.8 Å². The summed E-state index contributed by atoms with van der Waals surface area (Å²) in [5.74, 6) is 2.63. The molecule has 5 heterocycles. The molecule has 1 atom stereocenters. The lowest BCUT2D eigenvalue weighted by Gasteiger charge is -2.33. The summed E-state index contributed by atoms with van der Waals surface area (Å²) in [5.41, 5.74) is 1.96. The van der Waals surface area contributed by atoms with Gasteiger partial charge in [0.05, 0.1) is 24.3 Å². The number of benzene rings is 1. The van der Waals surface area contributed by atoms with Crippen molar-refractivity contribution in [3.63, 3.8) is 0 Å². The Morgan fingerprint density at radius 2 is 2.12 bits per heavy atom. The summed E-state index contributed by atoms with van der Waals surface area (Å²) in [6, 6.07) is 3.42. The average molecular weight is 538 g/mol. The maximum Gasteiger partial charge on any atom is 0.243 e. The Hall–Kier alpha value is -3.75. The number of carbonyl (C=O) groups is 2. The first-order valence-electron chi connectivity index (χ1n) is 10.2. The summed E-state index contributed by atoms with van der Waals surface area (Å²) >= 11 is 9.94. The van der Waals surface area contributed by atoms with Gasteiger partial charge in [-0.2, -0.15) is 9.78 Å². The van der Waals surface area contributed by atoms with Gasteiger partial charge in [-0.05, 0) is 40.5 Å². The van der Waals surface area contributed by atoms with Gasteiger partial charge in [0.1, 0.15) is 23.1 Å². The number of hydrogen-bond donors (Lipinski definition) is 2. The molecule has 10 nitrogen and oxygen atoms in total. The number of aromatic nitrogens is 6. The summed E-state index contributed by atoms with van der Waals surface area (Å²) in [5, 5.41) is 8.00. The fraction of sp³-hybridized carbons (Fsp3) is 0.182. The van der Waals surface area contributed by atoms with Crippen LogP contribution in [0.4, 0.5) is 11.5 Å². The number of H-pyrrole nitrogens is 1. The zero-order valence-corrected chi connectivity index (χ0v) is 19.9. The number of aromatic amines is 1. The number of nitrogens with one attached hydrogen (secondary N) is 2. The Balaban J connectivity index is 1.69. The summed E-state index contributed by atoms with van der Waals surface area (Å²) in [7, 11) is 0. The molecule has 0 bridgehead atoms. The van der Waals surface area contributed by atoms with E-state index in [1.54, 1.807) is 19.1 Å². The van der Waals surface area contributed by atoms with Crippen molar-refractivity contribution >= 4 is 62.0 Å². The second-order valence-corrected chi connectivity index (χ2v) is 9.32. The topological polar surface area (TPSA) is 122 Å². The Labute approximate surface area is 205 Å². The molecule has 2 aliphatic rings. The maximum absolute atomic E-state index is 14.1. The molecule has 0 radical (unpaired) electrons. The molecule has 0 fully saturated rings. The van der Waals surface area contributed by atoms with Gasteiger partial charge >= 0.3 is 0 Å². The van der Waals surface area contributed by atoms with Crippen molar-refractivity contribution in [1.82, 2.24) is 29.7 Å². The Morgan fingerprint density at radius 3 is 2.91 bits per heavy atom. The van der Waals surface area contributed by atoms with Crippen LogP contribution in [0, 0.1) is 19.3 Å². The van der Waals surface area contributed by atoms with Gasteiger partial charge in [0, 0.05) is 21.5 Å². The lowest BCUT2D eigenvalue weighted by molar-refractivity contribution is -0.126. The quantitative estimate of drug-likeness (QED) is 0.379. The molecule has 0 saturated heterocycles. The van der Waals surface area contributed by atoms with Crippen LogP contribution in [0.25, 0.3) is 17.0 Å². The first-order chi connectivity index (χ1) is 16.4. The predicted molar refractivity (Wildman–Crippen MR) is 128 cm³/mol. The monoisotopic (exact) mass is 536 g/mol. The second kappa shape index (κ2) is 7.12. The van der Waals surface area contributed by atoms with E-state index in [1.165, 1.54) is 22.2 Å². The average Bonchev–Trinajstić information content (AvgIpc) is 3.46. The first kappa shape index (κ1) is 20.8. The molecular formula is C22H14BrClN8O2. The van der Waals surface area contributed by atoms with E-state index >= 15 is 0 Å². The predicted octanol–water partition coefficient (Wildman–Crippen LogP) is 2.87. The number of carbonyl (C=O) groups excluding carboxylic acids is 2. The summed E-state index contributed by atoms with van der Waals surface area (Å²) < 4.78 is 2.12. The number of halogens is 2. The number of amides is 2. The fourth-order valence-electron chi connectivity index (χ4n) is 4.99. The van der Waals surface area contributed by atoms with E-state index in [9.17, 15) is 9.59 Å². The molecule has 2 amide bonds. The zero-order valence-electron chi connectivity index (χ0n) is 17.6. The number of hydrogen-bond acceptors (Lipinski definition) is 6. The van der Waals surface area contributed by atoms with Crippen LogP contribution in [0.1, 0.15) is 23.2 Å². The number of rotatable bonds is 2. The lowest BCUT2D eigenvalue weighted by Crippen LogP contribution is -2.47. The van der Waals surface area contributed by atoms with Gasteiger partial charge in [0.25, 0.3) is 0 Å². The summed E-state index contributed by atoms with van der Waals surface area (Å²) in [4.78, 5) is 44.4. The molecule has 0 aliphatic carbocycles. The zero-order chi connectivity index (χ0) is 23.8. The fourth-order valence-corrected chi connectivity index (χ4v) is 6.02. The van der Waals surface area contributed by atoms with Crippen molar-refractivity contribution in [3.05, 3.63) is 51.1 Å². The van der Waals surface area contributed by atoms with Crippen molar-refractivity contribution in [1.29, 1.82) is 0 Å². The van der Waals surface area contributed by atoms with Gasteiger partial charge in [0.15, 0.2) is 11.5 Å². The molecule has 0 unspecified atom stereocenters. The third kappa shape index (κ3) is 2.58. The van der Waals surface area contributed by atoms with Gasteiger partial charge in [-0.25, -0.2) is 15.0 Å². The van der Waals surface area contributed by atoms with Crippen LogP contribution in [-0.2, 0) is 15.0 Å². The molecule has 3 aromatic heterocycles. The number of nitrogens with zero attached hydrogens (tertiary/aromatic N) is 6. The van der Waals surface area contributed by atoms with Crippen molar-refractivity contribution < 1.29 is 9.59 Å². The smallest absolute Gasteiger partial charge is 0.243 e. The number of aryl methyl sites for hydroxylation is 1. The minimum Gasteiger partial charge on any atom is -0.340 e. The van der Waals surface area contributed by atoms with Crippen molar-refractivity contribution in [3.8, 4) is 18.2 Å². The molecule has 1 aromatic carbocycles. The molecule has 1 spiro atoms. The van der Waals surface area contributed by atoms with E-state index in [2.05, 4.69) is 52.2 Å². The Morgan fingerprint density at radius 1 is 1.29 bits per heavy atom. The van der Waals surface area contributed by atoms with E-state index in [1.807, 2.05) is 0 Å². The number of imidazole rings is 1. The Kier molecular flexibility index (Phi) is 4.36. The van der Waals surface area contributed by atoms with Gasteiger partial charge in [-0.3, -0.25) is 14.5 Å². The van der Waals surface area contributed by atoms with Crippen LogP contribution < -0.4 is 10.2 Å². The minimum atomic E-state index is -1.35. The van der Waals surface area contributed by atoms with Crippen LogP contribution in [0.2, 0.25) is 5.02 Å². The van der Waals surface area contributed by atoms with E-state index in [-0.39, 0.29) is 24.8 Å². The van der Waals surface area contributed by atoms with Crippen molar-refractivity contribution in [2.24, 2.45) is 0 Å². The number of anilines is 2. The van der Waals surface area contributed by atoms with Crippen LogP contribution in [0.15, 0.2) is 29.3 Å². The molecule has 4 aromatic rings. The first-order valence-corrected chi connectivity index (χ1v) is 11.3. The molecule has 12 heteroatoms. The molecule has 34 heavy (non-hydrogen) atoms. The second-order valence-electron chi connectivity index (χ2n) is 8.03. The van der Waals surface area contributed by atoms with Crippen molar-refractivity contribution in [2.45, 2.75) is 18.8 Å². The third-order valence-electron chi connectivity index (χ3n) is 6.19. The SMILES string of the molecule is C#CCN1C(=O)[C@]2(CC(=O)Nc3c2c(C)nn3-c2ncnc3nc[nH]c23)c2cc(Cl)cc(Br)c21. The maximum atomic E-state index is 14.1. The highest BCUT2D eigenvalue weighted by atomic mass is 79.9. The molecule has 0 saturated carbocycles. The molecule has 168 valence electrons. The molecular weight excluding hydrogens is 524 g/mol. The van der Waals surface area contributed by atoms with Crippen LogP contribution in [0.3, 0.4) is 0 Å². The molecule has 6 rings (SSSR count). The van der Waals surface area contributed by atoms with Crippen LogP contribution in [-0.4, -0.2) is 48.1 Å². The molecule has 2 aliphatic heterocycles. The van der Waals surface area contributed by atoms with Crippen LogP contribution in [0.5, 0.6) is 0 Å². The van der Waals surface area contributed by atoms with E-state index in [4.69, 9.17) is 18.0 Å². The highest BCUT2D eigenvalue weighted by molar-refractivity contribution is 9.10. The molecule has 2 N–H and O–H groups in total. The highest BCUT2D eigenvalue weighted by Crippen LogP contribution is 2.55. The van der Waals surface area contributed by atoms with E-state index < -0.39 is 5.41 Å². The number of fused-ring (bicyclic) bond motifs is 5. The number of terminal acetylenes is 1. The summed E-state index contributed by atoms with van der Waals surface area (Å²) in [6.07, 6.45) is 8.34. The highest BCUT2D eigenvalue weighted by Gasteiger charge is 2.58. The largest absolute Gasteiger partial charge is 0.340 e. The minimum absolute atomic E-state index is 0.0403. The normalized spacial score (nSPS) is 18.8. The van der Waals surface area contributed by atoms with Crippen LogP contribution >= 0.6 is 27.5 Å². The van der Waals surface area contributed by atoms with Gasteiger partial charge in [-0.1, -0.05) is 17.5 Å². The van der Waals surface area contributed by atoms with E-state index in [0.29, 0.717) is 54.8 Å². The Bertz CT molecular complexity index is 1600. The third-order valence-corrected chi connectivity index (χ3v) is 7.01. The van der Waals surface area contributed by atoms with Gasteiger partial charge < -0.3 is 10.3 Å². The summed E-state index contributed by atoms with van der Waals surface area (Å²) in [6.45, 7) is 1.83. The van der Waals surface area contributed by atoms with Gasteiger partial charge in [-0.15, -0.1) is 6.42 Å². The lowest BCUT2D eigenvalue weighted by atomic mass is 9.70. The van der Waals surface area contributed by atoms with Crippen molar-refractivity contribution in [2.75, 3.05) is 16.8 Å².